The fourth-order valence-corrected chi connectivity index (χ4v) is 7.19. The number of aromatic nitrogens is 4. The van der Waals surface area contributed by atoms with Crippen molar-refractivity contribution in [2.45, 2.75) is 57.5 Å². The van der Waals surface area contributed by atoms with E-state index >= 15 is 0 Å². The molecule has 0 radical (unpaired) electrons. The zero-order valence-corrected chi connectivity index (χ0v) is 26.5. The van der Waals surface area contributed by atoms with Gasteiger partial charge in [0.2, 0.25) is 17.6 Å². The summed E-state index contributed by atoms with van der Waals surface area (Å²) in [7, 11) is 0. The number of fused-ring (bicyclic) bond motifs is 3. The summed E-state index contributed by atoms with van der Waals surface area (Å²) in [6.07, 6.45) is -1.73. The van der Waals surface area contributed by atoms with E-state index in [0.29, 0.717) is 75.7 Å². The number of nitrogens with one attached hydrogen (secondary N) is 2. The molecule has 1 atom stereocenters. The van der Waals surface area contributed by atoms with Crippen LogP contribution in [0.1, 0.15) is 61.9 Å². The van der Waals surface area contributed by atoms with E-state index in [1.165, 1.54) is 4.52 Å². The number of halogens is 4. The lowest BCUT2D eigenvalue weighted by Crippen LogP contribution is -2.54. The van der Waals surface area contributed by atoms with E-state index in [2.05, 4.69) is 15.7 Å². The predicted octanol–water partition coefficient (Wildman–Crippen LogP) is 3.52. The van der Waals surface area contributed by atoms with Gasteiger partial charge in [-0.1, -0.05) is 17.7 Å². The van der Waals surface area contributed by atoms with E-state index in [1.807, 2.05) is 19.9 Å². The molecule has 3 aromatic rings. The van der Waals surface area contributed by atoms with E-state index in [-0.39, 0.29) is 34.5 Å². The number of ether oxygens (including phenoxy) is 2. The molecule has 0 bridgehead atoms. The number of amides is 2. The Hall–Kier alpha value is -3.79. The third-order valence-corrected chi connectivity index (χ3v) is 9.77. The van der Waals surface area contributed by atoms with Crippen molar-refractivity contribution in [3.63, 3.8) is 0 Å². The van der Waals surface area contributed by atoms with Crippen molar-refractivity contribution in [2.75, 3.05) is 44.7 Å². The van der Waals surface area contributed by atoms with Crippen LogP contribution in [0.25, 0.3) is 11.4 Å². The minimum atomic E-state index is -4.59. The minimum absolute atomic E-state index is 0.00782. The van der Waals surface area contributed by atoms with Crippen molar-refractivity contribution in [2.24, 2.45) is 5.41 Å². The second-order valence-electron chi connectivity index (χ2n) is 12.8. The summed E-state index contributed by atoms with van der Waals surface area (Å²) in [5, 5.41) is 10.2. The first-order valence-corrected chi connectivity index (χ1v) is 15.8. The number of piperidine rings is 1. The van der Waals surface area contributed by atoms with Crippen molar-refractivity contribution >= 4 is 40.5 Å². The lowest BCUT2D eigenvalue weighted by Gasteiger charge is -2.41. The number of alkyl halides is 3. The van der Waals surface area contributed by atoms with Gasteiger partial charge in [-0.25, -0.2) is 0 Å². The first-order valence-electron chi connectivity index (χ1n) is 15.5. The van der Waals surface area contributed by atoms with E-state index in [4.69, 9.17) is 26.1 Å². The van der Waals surface area contributed by atoms with Crippen LogP contribution in [-0.4, -0.2) is 75.3 Å². The van der Waals surface area contributed by atoms with Gasteiger partial charge in [-0.3, -0.25) is 14.4 Å². The van der Waals surface area contributed by atoms with Gasteiger partial charge in [0.25, 0.3) is 5.56 Å². The molecule has 2 amide bonds. The molecule has 6 heterocycles. The van der Waals surface area contributed by atoms with Gasteiger partial charge in [0.05, 0.1) is 52.3 Å². The van der Waals surface area contributed by atoms with Gasteiger partial charge in [-0.05, 0) is 70.0 Å². The Morgan fingerprint density at radius 1 is 1.21 bits per heavy atom. The van der Waals surface area contributed by atoms with Crippen LogP contribution in [0.5, 0.6) is 0 Å². The first kappa shape index (κ1) is 31.8. The van der Waals surface area contributed by atoms with Gasteiger partial charge in [0.15, 0.2) is 5.82 Å². The highest BCUT2D eigenvalue weighted by Gasteiger charge is 2.49. The molecular formula is C31H33ClF3N7O5. The SMILES string of the molecule is C[C@H]1OC2(CCNCC2)c2c1n(CC(=O)Nc1ccc(C(F)(F)F)cc1Cl)c1nc(C3=CCN(C(=O)C4(C)COC4)CC3)nn1c2=O. The number of carbonyl (C=O) groups is 2. The molecule has 0 saturated carbocycles. The summed E-state index contributed by atoms with van der Waals surface area (Å²) in [5.41, 5.74) is -1.03. The van der Waals surface area contributed by atoms with Crippen LogP contribution in [0.4, 0.5) is 18.9 Å². The molecule has 4 aliphatic heterocycles. The highest BCUT2D eigenvalue weighted by molar-refractivity contribution is 6.33. The number of carbonyl (C=O) groups excluding carboxylic acids is 2. The number of hydrogen-bond acceptors (Lipinski definition) is 8. The van der Waals surface area contributed by atoms with E-state index in [9.17, 15) is 27.6 Å². The monoisotopic (exact) mass is 675 g/mol. The lowest BCUT2D eigenvalue weighted by molar-refractivity contribution is -0.168. The number of nitrogens with zero attached hydrogens (tertiary/aromatic N) is 5. The maximum Gasteiger partial charge on any atom is 0.416 e. The number of rotatable bonds is 5. The zero-order valence-electron chi connectivity index (χ0n) is 25.7. The second-order valence-corrected chi connectivity index (χ2v) is 13.2. The molecule has 1 spiro atoms. The fourth-order valence-electron chi connectivity index (χ4n) is 6.96. The zero-order chi connectivity index (χ0) is 33.3. The highest BCUT2D eigenvalue weighted by Crippen LogP contribution is 2.47. The van der Waals surface area contributed by atoms with Crippen LogP contribution in [0.15, 0.2) is 29.1 Å². The van der Waals surface area contributed by atoms with Crippen LogP contribution < -0.4 is 16.2 Å². The highest BCUT2D eigenvalue weighted by atomic mass is 35.5. The molecule has 2 fully saturated rings. The molecule has 2 aromatic heterocycles. The minimum Gasteiger partial charge on any atom is -0.379 e. The Bertz CT molecular complexity index is 1880. The van der Waals surface area contributed by atoms with Crippen molar-refractivity contribution in [1.29, 1.82) is 0 Å². The van der Waals surface area contributed by atoms with Crippen molar-refractivity contribution in [3.8, 4) is 0 Å². The molecule has 1 aromatic carbocycles. The summed E-state index contributed by atoms with van der Waals surface area (Å²) < 4.78 is 54.0. The van der Waals surface area contributed by atoms with Gasteiger partial charge < -0.3 is 29.6 Å². The smallest absolute Gasteiger partial charge is 0.379 e. The van der Waals surface area contributed by atoms with Crippen molar-refractivity contribution in [3.05, 3.63) is 62.3 Å². The summed E-state index contributed by atoms with van der Waals surface area (Å²) in [4.78, 5) is 47.2. The third-order valence-electron chi connectivity index (χ3n) is 9.45. The molecular weight excluding hydrogens is 643 g/mol. The Kier molecular flexibility index (Phi) is 7.73. The predicted molar refractivity (Wildman–Crippen MR) is 164 cm³/mol. The quantitative estimate of drug-likeness (QED) is 0.420. The van der Waals surface area contributed by atoms with Crippen molar-refractivity contribution in [1.82, 2.24) is 29.4 Å². The average Bonchev–Trinajstić information content (AvgIpc) is 3.59. The number of anilines is 1. The van der Waals surface area contributed by atoms with E-state index in [0.717, 1.165) is 23.8 Å². The number of hydrogen-bond donors (Lipinski definition) is 2. The van der Waals surface area contributed by atoms with E-state index in [1.54, 1.807) is 9.47 Å². The van der Waals surface area contributed by atoms with E-state index < -0.39 is 34.8 Å². The van der Waals surface area contributed by atoms with Gasteiger partial charge in [0, 0.05) is 13.1 Å². The van der Waals surface area contributed by atoms with Gasteiger partial charge >= 0.3 is 6.18 Å². The Morgan fingerprint density at radius 2 is 1.96 bits per heavy atom. The average molecular weight is 676 g/mol. The molecule has 16 heteroatoms. The molecule has 0 aliphatic carbocycles. The van der Waals surface area contributed by atoms with Gasteiger partial charge in [-0.2, -0.15) is 22.7 Å². The fraction of sp³-hybridized carbons (Fsp3) is 0.516. The van der Waals surface area contributed by atoms with Crippen LogP contribution in [0.2, 0.25) is 5.02 Å². The Balaban J connectivity index is 1.26. The first-order chi connectivity index (χ1) is 22.3. The molecule has 2 N–H and O–H groups in total. The third kappa shape index (κ3) is 5.42. The van der Waals surface area contributed by atoms with Gasteiger partial charge in [0.1, 0.15) is 12.1 Å². The molecule has 250 valence electrons. The summed E-state index contributed by atoms with van der Waals surface area (Å²) >= 11 is 6.12. The van der Waals surface area contributed by atoms with Crippen LogP contribution in [-0.2, 0) is 37.4 Å². The summed E-state index contributed by atoms with van der Waals surface area (Å²) in [6, 6.07) is 2.69. The van der Waals surface area contributed by atoms with Crippen LogP contribution >= 0.6 is 11.6 Å². The topological polar surface area (TPSA) is 132 Å². The molecule has 7 rings (SSSR count). The molecule has 12 nitrogen and oxygen atoms in total. The maximum absolute atomic E-state index is 14.2. The largest absolute Gasteiger partial charge is 0.416 e. The Labute approximate surface area is 271 Å². The maximum atomic E-state index is 14.2. The summed E-state index contributed by atoms with van der Waals surface area (Å²) in [5.74, 6) is -0.137. The lowest BCUT2D eigenvalue weighted by atomic mass is 9.86. The van der Waals surface area contributed by atoms with Crippen LogP contribution in [0.3, 0.4) is 0 Å². The second kappa shape index (κ2) is 11.4. The normalized spacial score (nSPS) is 21.8. The van der Waals surface area contributed by atoms with Crippen LogP contribution in [0, 0.1) is 5.41 Å². The molecule has 4 aliphatic rings. The molecule has 0 unspecified atom stereocenters. The number of benzene rings is 1. The summed E-state index contributed by atoms with van der Waals surface area (Å²) in [6.45, 7) is 6.21. The Morgan fingerprint density at radius 3 is 2.57 bits per heavy atom. The van der Waals surface area contributed by atoms with Crippen molar-refractivity contribution < 1.29 is 32.2 Å². The molecule has 2 saturated heterocycles. The molecule has 47 heavy (non-hydrogen) atoms. The standard InChI is InChI=1S/C31H33ClF3N7O5/c1-17-24-23(30(47-17)7-9-36-10-8-30)26(44)42-28(41(24)14-22(43)37-21-4-3-19(13-20(21)32)31(33,34)35)38-25(39-42)18-5-11-40(12-6-18)27(45)29(2)15-46-16-29/h3-5,13,17,36H,6-12,14-16H2,1-2H3,(H,37,43)/t17-/m1/s1. The van der Waals surface area contributed by atoms with Gasteiger partial charge in [-0.15, -0.1) is 5.10 Å².